The number of hydrogen-bond donors (Lipinski definition) is 2. The highest BCUT2D eigenvalue weighted by Crippen LogP contribution is 2.18. The predicted molar refractivity (Wildman–Crippen MR) is 68.2 cm³/mol. The van der Waals surface area contributed by atoms with Gasteiger partial charge in [0.1, 0.15) is 0 Å². The first-order valence-corrected chi connectivity index (χ1v) is 6.93. The Kier molecular flexibility index (Phi) is 5.22. The quantitative estimate of drug-likeness (QED) is 0.717. The maximum Gasteiger partial charge on any atom is 0.0623 e. The van der Waals surface area contributed by atoms with Gasteiger partial charge >= 0.3 is 0 Å². The summed E-state index contributed by atoms with van der Waals surface area (Å²) in [6.45, 7) is 10.1. The Labute approximate surface area is 104 Å². The minimum Gasteiger partial charge on any atom is -0.381 e. The van der Waals surface area contributed by atoms with E-state index in [1.165, 1.54) is 6.42 Å². The van der Waals surface area contributed by atoms with Crippen LogP contribution >= 0.6 is 0 Å². The standard InChI is InChI=1S/C13H26N2O2/c1-3-14-13-9-17-8-12(13)6-15-10(2)11-4-5-16-7-11/h10-15H,3-9H2,1-2H3. The average molecular weight is 242 g/mol. The molecule has 0 aromatic rings. The SMILES string of the molecule is CCNC1COCC1CNC(C)C1CCOC1. The van der Waals surface area contributed by atoms with Crippen LogP contribution in [0.4, 0.5) is 0 Å². The van der Waals surface area contributed by atoms with Gasteiger partial charge in [0.25, 0.3) is 0 Å². The average Bonchev–Trinajstić information content (AvgIpc) is 2.97. The highest BCUT2D eigenvalue weighted by Gasteiger charge is 2.29. The topological polar surface area (TPSA) is 42.5 Å². The highest BCUT2D eigenvalue weighted by atomic mass is 16.5. The molecule has 2 rings (SSSR count). The van der Waals surface area contributed by atoms with Crippen molar-refractivity contribution in [2.24, 2.45) is 11.8 Å². The number of ether oxygens (including phenoxy) is 2. The van der Waals surface area contributed by atoms with Crippen molar-refractivity contribution in [1.82, 2.24) is 10.6 Å². The van der Waals surface area contributed by atoms with Crippen molar-refractivity contribution in [1.29, 1.82) is 0 Å². The van der Waals surface area contributed by atoms with Crippen molar-refractivity contribution in [3.8, 4) is 0 Å². The van der Waals surface area contributed by atoms with Gasteiger partial charge in [-0.25, -0.2) is 0 Å². The Morgan fingerprint density at radius 1 is 1.24 bits per heavy atom. The van der Waals surface area contributed by atoms with Gasteiger partial charge in [-0.2, -0.15) is 0 Å². The van der Waals surface area contributed by atoms with Crippen molar-refractivity contribution >= 4 is 0 Å². The molecule has 4 nitrogen and oxygen atoms in total. The summed E-state index contributed by atoms with van der Waals surface area (Å²) >= 11 is 0. The first-order valence-electron chi connectivity index (χ1n) is 6.93. The van der Waals surface area contributed by atoms with Crippen LogP contribution in [0.3, 0.4) is 0 Å². The molecule has 4 unspecified atom stereocenters. The number of nitrogens with one attached hydrogen (secondary N) is 2. The summed E-state index contributed by atoms with van der Waals surface area (Å²) in [6.07, 6.45) is 1.20. The molecule has 2 aliphatic heterocycles. The van der Waals surface area contributed by atoms with Crippen LogP contribution in [-0.4, -0.2) is 51.6 Å². The third-order valence-electron chi connectivity index (χ3n) is 4.04. The van der Waals surface area contributed by atoms with Gasteiger partial charge in [-0.3, -0.25) is 0 Å². The van der Waals surface area contributed by atoms with E-state index in [1.807, 2.05) is 0 Å². The molecule has 0 aliphatic carbocycles. The molecular formula is C13H26N2O2. The molecule has 2 fully saturated rings. The fraction of sp³-hybridized carbons (Fsp3) is 1.00. The molecular weight excluding hydrogens is 216 g/mol. The van der Waals surface area contributed by atoms with Crippen molar-refractivity contribution in [2.75, 3.05) is 39.5 Å². The lowest BCUT2D eigenvalue weighted by Gasteiger charge is -2.24. The zero-order valence-corrected chi connectivity index (χ0v) is 11.1. The Bertz CT molecular complexity index is 219. The van der Waals surface area contributed by atoms with Gasteiger partial charge in [0.2, 0.25) is 0 Å². The summed E-state index contributed by atoms with van der Waals surface area (Å²) in [6, 6.07) is 1.08. The second-order valence-electron chi connectivity index (χ2n) is 5.28. The smallest absolute Gasteiger partial charge is 0.0623 e. The van der Waals surface area contributed by atoms with Crippen LogP contribution in [0, 0.1) is 11.8 Å². The molecule has 0 aromatic heterocycles. The summed E-state index contributed by atoms with van der Waals surface area (Å²) in [5.74, 6) is 1.30. The van der Waals surface area contributed by atoms with E-state index in [1.54, 1.807) is 0 Å². The lowest BCUT2D eigenvalue weighted by Crippen LogP contribution is -2.44. The Balaban J connectivity index is 1.69. The van der Waals surface area contributed by atoms with Crippen LogP contribution in [0.1, 0.15) is 20.3 Å². The van der Waals surface area contributed by atoms with E-state index in [0.717, 1.165) is 39.5 Å². The van der Waals surface area contributed by atoms with Crippen molar-refractivity contribution in [2.45, 2.75) is 32.4 Å². The fourth-order valence-electron chi connectivity index (χ4n) is 2.74. The summed E-state index contributed by atoms with van der Waals surface area (Å²) in [5.41, 5.74) is 0. The van der Waals surface area contributed by atoms with Gasteiger partial charge in [-0.15, -0.1) is 0 Å². The van der Waals surface area contributed by atoms with Crippen LogP contribution in [0.5, 0.6) is 0 Å². The molecule has 2 saturated heterocycles. The largest absolute Gasteiger partial charge is 0.381 e. The third kappa shape index (κ3) is 3.65. The normalized spacial score (nSPS) is 35.3. The van der Waals surface area contributed by atoms with E-state index in [0.29, 0.717) is 23.9 Å². The van der Waals surface area contributed by atoms with Gasteiger partial charge in [-0.1, -0.05) is 6.92 Å². The molecule has 0 saturated carbocycles. The predicted octanol–water partition coefficient (Wildman–Crippen LogP) is 0.626. The summed E-state index contributed by atoms with van der Waals surface area (Å²) in [4.78, 5) is 0. The zero-order chi connectivity index (χ0) is 12.1. The molecule has 100 valence electrons. The Morgan fingerprint density at radius 3 is 2.82 bits per heavy atom. The molecule has 0 spiro atoms. The fourth-order valence-corrected chi connectivity index (χ4v) is 2.74. The monoisotopic (exact) mass is 242 g/mol. The maximum absolute atomic E-state index is 5.55. The molecule has 0 aromatic carbocycles. The number of likely N-dealkylation sites (N-methyl/N-ethyl adjacent to an activating group) is 1. The van der Waals surface area contributed by atoms with Gasteiger partial charge < -0.3 is 20.1 Å². The molecule has 2 N–H and O–H groups in total. The molecule has 17 heavy (non-hydrogen) atoms. The van der Waals surface area contributed by atoms with E-state index in [-0.39, 0.29) is 0 Å². The van der Waals surface area contributed by atoms with E-state index in [2.05, 4.69) is 24.5 Å². The Morgan fingerprint density at radius 2 is 2.12 bits per heavy atom. The van der Waals surface area contributed by atoms with Crippen molar-refractivity contribution in [3.05, 3.63) is 0 Å². The van der Waals surface area contributed by atoms with E-state index in [9.17, 15) is 0 Å². The van der Waals surface area contributed by atoms with Crippen LogP contribution in [0.15, 0.2) is 0 Å². The molecule has 0 bridgehead atoms. The first kappa shape index (κ1) is 13.3. The second kappa shape index (κ2) is 6.69. The van der Waals surface area contributed by atoms with E-state index < -0.39 is 0 Å². The second-order valence-corrected chi connectivity index (χ2v) is 5.28. The molecule has 2 aliphatic rings. The van der Waals surface area contributed by atoms with Crippen molar-refractivity contribution < 1.29 is 9.47 Å². The maximum atomic E-state index is 5.55. The zero-order valence-electron chi connectivity index (χ0n) is 11.1. The van der Waals surface area contributed by atoms with Gasteiger partial charge in [0.05, 0.1) is 19.8 Å². The van der Waals surface area contributed by atoms with E-state index in [4.69, 9.17) is 9.47 Å². The van der Waals surface area contributed by atoms with Crippen LogP contribution in [0.25, 0.3) is 0 Å². The summed E-state index contributed by atoms with van der Waals surface area (Å²) in [7, 11) is 0. The highest BCUT2D eigenvalue weighted by molar-refractivity contribution is 4.84. The molecule has 4 atom stereocenters. The lowest BCUT2D eigenvalue weighted by atomic mass is 9.98. The third-order valence-corrected chi connectivity index (χ3v) is 4.04. The number of hydrogen-bond acceptors (Lipinski definition) is 4. The van der Waals surface area contributed by atoms with Crippen LogP contribution in [-0.2, 0) is 9.47 Å². The number of rotatable bonds is 6. The lowest BCUT2D eigenvalue weighted by molar-refractivity contribution is 0.173. The minimum atomic E-state index is 0.527. The van der Waals surface area contributed by atoms with Crippen LogP contribution < -0.4 is 10.6 Å². The summed E-state index contributed by atoms with van der Waals surface area (Å²) in [5, 5.41) is 7.15. The first-order chi connectivity index (χ1) is 8.31. The summed E-state index contributed by atoms with van der Waals surface area (Å²) < 4.78 is 11.0. The molecule has 0 radical (unpaired) electrons. The van der Waals surface area contributed by atoms with E-state index >= 15 is 0 Å². The van der Waals surface area contributed by atoms with Gasteiger partial charge in [0, 0.05) is 31.2 Å². The van der Waals surface area contributed by atoms with Crippen LogP contribution in [0.2, 0.25) is 0 Å². The molecule has 0 amide bonds. The van der Waals surface area contributed by atoms with Gasteiger partial charge in [0.15, 0.2) is 0 Å². The van der Waals surface area contributed by atoms with Crippen molar-refractivity contribution in [3.63, 3.8) is 0 Å². The molecule has 4 heteroatoms. The molecule has 2 heterocycles. The Hall–Kier alpha value is -0.160. The van der Waals surface area contributed by atoms with Gasteiger partial charge in [-0.05, 0) is 25.8 Å². The minimum absolute atomic E-state index is 0.527.